The van der Waals surface area contributed by atoms with E-state index in [1.54, 1.807) is 7.11 Å². The van der Waals surface area contributed by atoms with Gasteiger partial charge in [-0.15, -0.1) is 0 Å². The summed E-state index contributed by atoms with van der Waals surface area (Å²) in [4.78, 5) is 0. The lowest BCUT2D eigenvalue weighted by Gasteiger charge is -2.42. The zero-order valence-electron chi connectivity index (χ0n) is 11.3. The molecule has 0 aromatic heterocycles. The van der Waals surface area contributed by atoms with Crippen LogP contribution in [0.5, 0.6) is 0 Å². The van der Waals surface area contributed by atoms with Crippen molar-refractivity contribution < 1.29 is 14.2 Å². The maximum atomic E-state index is 6.01. The molecule has 100 valence electrons. The molecule has 17 heavy (non-hydrogen) atoms. The molecule has 2 atom stereocenters. The minimum absolute atomic E-state index is 0.0558. The van der Waals surface area contributed by atoms with Gasteiger partial charge >= 0.3 is 0 Å². The molecule has 0 amide bonds. The Balaban J connectivity index is 1.93. The van der Waals surface area contributed by atoms with Gasteiger partial charge in [0.2, 0.25) is 0 Å². The van der Waals surface area contributed by atoms with Crippen LogP contribution in [0.15, 0.2) is 0 Å². The second kappa shape index (κ2) is 5.22. The van der Waals surface area contributed by atoms with E-state index in [0.29, 0.717) is 6.04 Å². The van der Waals surface area contributed by atoms with Crippen molar-refractivity contribution in [3.8, 4) is 0 Å². The number of nitrogens with one attached hydrogen (secondary N) is 1. The van der Waals surface area contributed by atoms with E-state index in [9.17, 15) is 0 Å². The van der Waals surface area contributed by atoms with Gasteiger partial charge in [0.1, 0.15) is 5.60 Å². The number of methoxy groups -OCH3 is 1. The van der Waals surface area contributed by atoms with Gasteiger partial charge in [0.25, 0.3) is 0 Å². The molecule has 0 aromatic carbocycles. The fraction of sp³-hybridized carbons (Fsp3) is 1.00. The highest BCUT2D eigenvalue weighted by Gasteiger charge is 2.45. The Bertz CT molecular complexity index is 249. The predicted molar refractivity (Wildman–Crippen MR) is 66.2 cm³/mol. The third-order valence-corrected chi connectivity index (χ3v) is 4.12. The highest BCUT2D eigenvalue weighted by molar-refractivity contribution is 4.99. The quantitative estimate of drug-likeness (QED) is 0.809. The molecule has 0 aliphatic carbocycles. The van der Waals surface area contributed by atoms with Crippen molar-refractivity contribution >= 4 is 0 Å². The van der Waals surface area contributed by atoms with Gasteiger partial charge in [0.05, 0.1) is 18.8 Å². The van der Waals surface area contributed by atoms with E-state index in [0.717, 1.165) is 45.6 Å². The Kier molecular flexibility index (Phi) is 4.08. The maximum absolute atomic E-state index is 6.01. The van der Waals surface area contributed by atoms with Gasteiger partial charge in [-0.1, -0.05) is 0 Å². The molecule has 2 aliphatic rings. The van der Waals surface area contributed by atoms with Crippen LogP contribution < -0.4 is 5.32 Å². The first-order chi connectivity index (χ1) is 8.08. The van der Waals surface area contributed by atoms with Crippen LogP contribution in [0, 0.1) is 0 Å². The first-order valence-corrected chi connectivity index (χ1v) is 6.58. The minimum atomic E-state index is -0.0813. The van der Waals surface area contributed by atoms with E-state index in [1.165, 1.54) is 0 Å². The third kappa shape index (κ3) is 2.99. The number of morpholine rings is 1. The Labute approximate surface area is 104 Å². The molecule has 2 heterocycles. The van der Waals surface area contributed by atoms with E-state index >= 15 is 0 Å². The van der Waals surface area contributed by atoms with Crippen LogP contribution in [-0.4, -0.2) is 50.7 Å². The smallest absolute Gasteiger partial charge is 0.109 e. The van der Waals surface area contributed by atoms with Crippen LogP contribution >= 0.6 is 0 Å². The molecule has 1 N–H and O–H groups in total. The molecular weight excluding hydrogens is 218 g/mol. The van der Waals surface area contributed by atoms with E-state index < -0.39 is 0 Å². The Morgan fingerprint density at radius 3 is 2.88 bits per heavy atom. The zero-order valence-corrected chi connectivity index (χ0v) is 11.3. The van der Waals surface area contributed by atoms with Crippen LogP contribution in [0.1, 0.15) is 33.1 Å². The molecule has 4 nitrogen and oxygen atoms in total. The third-order valence-electron chi connectivity index (χ3n) is 4.12. The summed E-state index contributed by atoms with van der Waals surface area (Å²) < 4.78 is 17.0. The number of rotatable bonds is 4. The predicted octanol–water partition coefficient (Wildman–Crippen LogP) is 1.34. The van der Waals surface area contributed by atoms with Crippen LogP contribution in [0.2, 0.25) is 0 Å². The second-order valence-corrected chi connectivity index (χ2v) is 5.73. The molecule has 4 heteroatoms. The molecule has 0 aromatic rings. The van der Waals surface area contributed by atoms with Crippen molar-refractivity contribution in [2.24, 2.45) is 0 Å². The SMILES string of the molecule is COC(C)(C)CCC1NCCOC12CCOC2. The van der Waals surface area contributed by atoms with Crippen molar-refractivity contribution in [3.05, 3.63) is 0 Å². The van der Waals surface area contributed by atoms with Gasteiger partial charge in [0.15, 0.2) is 0 Å². The van der Waals surface area contributed by atoms with Gasteiger partial charge in [-0.25, -0.2) is 0 Å². The lowest BCUT2D eigenvalue weighted by atomic mass is 9.86. The number of ether oxygens (including phenoxy) is 3. The van der Waals surface area contributed by atoms with Gasteiger partial charge < -0.3 is 19.5 Å². The van der Waals surface area contributed by atoms with E-state index in [1.807, 2.05) is 0 Å². The average Bonchev–Trinajstić information content (AvgIpc) is 2.77. The zero-order chi connectivity index (χ0) is 12.4. The summed E-state index contributed by atoms with van der Waals surface area (Å²) in [6.07, 6.45) is 3.12. The van der Waals surface area contributed by atoms with Crippen molar-refractivity contribution in [3.63, 3.8) is 0 Å². The molecule has 0 radical (unpaired) electrons. The summed E-state index contributed by atoms with van der Waals surface area (Å²) in [6.45, 7) is 7.57. The molecule has 1 spiro atoms. The highest BCUT2D eigenvalue weighted by atomic mass is 16.6. The normalized spacial score (nSPS) is 34.4. The first kappa shape index (κ1) is 13.3. The molecule has 0 bridgehead atoms. The van der Waals surface area contributed by atoms with Crippen molar-refractivity contribution in [1.82, 2.24) is 5.32 Å². The fourth-order valence-electron chi connectivity index (χ4n) is 2.68. The lowest BCUT2D eigenvalue weighted by molar-refractivity contribution is -0.104. The van der Waals surface area contributed by atoms with E-state index in [-0.39, 0.29) is 11.2 Å². The molecule has 2 aliphatic heterocycles. The first-order valence-electron chi connectivity index (χ1n) is 6.58. The summed E-state index contributed by atoms with van der Waals surface area (Å²) in [5.41, 5.74) is -0.137. The number of hydrogen-bond donors (Lipinski definition) is 1. The second-order valence-electron chi connectivity index (χ2n) is 5.73. The standard InChI is InChI=1S/C13H25NO3/c1-12(2,15-3)5-4-11-13(6-8-16-10-13)17-9-7-14-11/h11,14H,4-10H2,1-3H3. The summed E-state index contributed by atoms with van der Waals surface area (Å²) in [5, 5.41) is 3.59. The largest absolute Gasteiger partial charge is 0.379 e. The van der Waals surface area contributed by atoms with Gasteiger partial charge in [0, 0.05) is 32.7 Å². The maximum Gasteiger partial charge on any atom is 0.109 e. The van der Waals surface area contributed by atoms with Gasteiger partial charge in [-0.05, 0) is 26.7 Å². The minimum Gasteiger partial charge on any atom is -0.379 e. The van der Waals surface area contributed by atoms with Crippen LogP contribution in [0.3, 0.4) is 0 Å². The van der Waals surface area contributed by atoms with Gasteiger partial charge in [-0.2, -0.15) is 0 Å². The van der Waals surface area contributed by atoms with Crippen molar-refractivity contribution in [2.75, 3.05) is 33.5 Å². The summed E-state index contributed by atoms with van der Waals surface area (Å²) in [6, 6.07) is 0.396. The van der Waals surface area contributed by atoms with Crippen molar-refractivity contribution in [2.45, 2.75) is 50.4 Å². The van der Waals surface area contributed by atoms with Crippen LogP contribution in [0.4, 0.5) is 0 Å². The molecule has 2 unspecified atom stereocenters. The average molecular weight is 243 g/mol. The van der Waals surface area contributed by atoms with E-state index in [2.05, 4.69) is 19.2 Å². The van der Waals surface area contributed by atoms with Gasteiger partial charge in [-0.3, -0.25) is 0 Å². The topological polar surface area (TPSA) is 39.7 Å². The highest BCUT2D eigenvalue weighted by Crippen LogP contribution is 2.32. The summed E-state index contributed by atoms with van der Waals surface area (Å²) in [7, 11) is 1.78. The summed E-state index contributed by atoms with van der Waals surface area (Å²) >= 11 is 0. The van der Waals surface area contributed by atoms with Crippen molar-refractivity contribution in [1.29, 1.82) is 0 Å². The number of hydrogen-bond acceptors (Lipinski definition) is 4. The lowest BCUT2D eigenvalue weighted by Crippen LogP contribution is -2.58. The molecule has 2 saturated heterocycles. The molecule has 2 fully saturated rings. The van der Waals surface area contributed by atoms with Crippen LogP contribution in [-0.2, 0) is 14.2 Å². The molecule has 0 saturated carbocycles. The summed E-state index contributed by atoms with van der Waals surface area (Å²) in [5.74, 6) is 0. The van der Waals surface area contributed by atoms with E-state index in [4.69, 9.17) is 14.2 Å². The fourth-order valence-corrected chi connectivity index (χ4v) is 2.68. The molecular formula is C13H25NO3. The molecule has 2 rings (SSSR count). The Morgan fingerprint density at radius 1 is 1.41 bits per heavy atom. The Hall–Kier alpha value is -0.160. The monoisotopic (exact) mass is 243 g/mol. The Morgan fingerprint density at radius 2 is 2.24 bits per heavy atom. The van der Waals surface area contributed by atoms with Crippen LogP contribution in [0.25, 0.3) is 0 Å².